The smallest absolute Gasteiger partial charge is 0.322 e. The van der Waals surface area contributed by atoms with Crippen molar-refractivity contribution in [3.8, 4) is 11.5 Å². The normalized spacial score (nSPS) is 14.1. The number of methoxy groups -OCH3 is 2. The maximum atomic E-state index is 12.6. The number of anilines is 2. The van der Waals surface area contributed by atoms with Gasteiger partial charge in [0.2, 0.25) is 0 Å². The highest BCUT2D eigenvalue weighted by atomic mass is 35.5. The van der Waals surface area contributed by atoms with E-state index in [9.17, 15) is 4.79 Å². The molecule has 0 saturated carbocycles. The molecule has 1 heterocycles. The van der Waals surface area contributed by atoms with E-state index in [0.717, 1.165) is 13.1 Å². The lowest BCUT2D eigenvalue weighted by Gasteiger charge is -2.36. The molecule has 2 aromatic rings. The molecule has 26 heavy (non-hydrogen) atoms. The topological polar surface area (TPSA) is 54.0 Å². The first-order valence-electron chi connectivity index (χ1n) is 8.40. The summed E-state index contributed by atoms with van der Waals surface area (Å²) in [6.45, 7) is 2.87. The first-order valence-corrected chi connectivity index (χ1v) is 8.77. The summed E-state index contributed by atoms with van der Waals surface area (Å²) in [4.78, 5) is 16.7. The number of carbonyl (C=O) groups is 1. The lowest BCUT2D eigenvalue weighted by atomic mass is 10.2. The van der Waals surface area contributed by atoms with E-state index >= 15 is 0 Å². The molecule has 1 fully saturated rings. The maximum absolute atomic E-state index is 12.6. The predicted octanol–water partition coefficient (Wildman–Crippen LogP) is 3.71. The highest BCUT2D eigenvalue weighted by molar-refractivity contribution is 6.32. The van der Waals surface area contributed by atoms with E-state index in [1.165, 1.54) is 19.9 Å². The number of piperazine rings is 1. The van der Waals surface area contributed by atoms with Crippen LogP contribution in [-0.2, 0) is 0 Å². The molecule has 0 aliphatic carbocycles. The fourth-order valence-corrected chi connectivity index (χ4v) is 3.19. The van der Waals surface area contributed by atoms with Crippen molar-refractivity contribution in [2.75, 3.05) is 50.6 Å². The number of urea groups is 1. The van der Waals surface area contributed by atoms with Crippen molar-refractivity contribution in [3.63, 3.8) is 0 Å². The van der Waals surface area contributed by atoms with E-state index in [0.29, 0.717) is 35.3 Å². The Bertz CT molecular complexity index is 762. The SMILES string of the molecule is COc1cc(NC(=O)N2CCN(c3ccccc3)CC2)c(OC)cc1Cl. The van der Waals surface area contributed by atoms with Gasteiger partial charge in [0.25, 0.3) is 0 Å². The Hall–Kier alpha value is -2.60. The molecule has 7 heteroatoms. The summed E-state index contributed by atoms with van der Waals surface area (Å²) < 4.78 is 10.5. The summed E-state index contributed by atoms with van der Waals surface area (Å²) in [5.41, 5.74) is 1.71. The number of rotatable bonds is 4. The molecule has 138 valence electrons. The lowest BCUT2D eigenvalue weighted by Crippen LogP contribution is -2.50. The largest absolute Gasteiger partial charge is 0.495 e. The minimum Gasteiger partial charge on any atom is -0.495 e. The van der Waals surface area contributed by atoms with Gasteiger partial charge in [0, 0.05) is 44.0 Å². The van der Waals surface area contributed by atoms with Crippen molar-refractivity contribution < 1.29 is 14.3 Å². The highest BCUT2D eigenvalue weighted by Gasteiger charge is 2.22. The Morgan fingerprint density at radius 1 is 1.00 bits per heavy atom. The van der Waals surface area contributed by atoms with Gasteiger partial charge in [-0.2, -0.15) is 0 Å². The fraction of sp³-hybridized carbons (Fsp3) is 0.316. The summed E-state index contributed by atoms with van der Waals surface area (Å²) in [6.07, 6.45) is 0. The molecule has 1 aliphatic rings. The van der Waals surface area contributed by atoms with Crippen LogP contribution in [0.5, 0.6) is 11.5 Å². The van der Waals surface area contributed by atoms with Crippen molar-refractivity contribution in [1.82, 2.24) is 4.90 Å². The van der Waals surface area contributed by atoms with Crippen molar-refractivity contribution >= 4 is 29.0 Å². The monoisotopic (exact) mass is 375 g/mol. The molecule has 1 aliphatic heterocycles. The number of nitrogens with zero attached hydrogens (tertiary/aromatic N) is 2. The van der Waals surface area contributed by atoms with Gasteiger partial charge in [-0.25, -0.2) is 4.79 Å². The van der Waals surface area contributed by atoms with Crippen LogP contribution < -0.4 is 19.7 Å². The molecule has 2 aromatic carbocycles. The van der Waals surface area contributed by atoms with Gasteiger partial charge in [-0.3, -0.25) is 0 Å². The first kappa shape index (κ1) is 18.2. The van der Waals surface area contributed by atoms with Gasteiger partial charge in [0.15, 0.2) is 0 Å². The van der Waals surface area contributed by atoms with Crippen molar-refractivity contribution in [2.45, 2.75) is 0 Å². The molecule has 0 radical (unpaired) electrons. The van der Waals surface area contributed by atoms with E-state index in [1.807, 2.05) is 18.2 Å². The molecule has 0 aromatic heterocycles. The van der Waals surface area contributed by atoms with Crippen LogP contribution in [-0.4, -0.2) is 51.3 Å². The predicted molar refractivity (Wildman–Crippen MR) is 104 cm³/mol. The number of ether oxygens (including phenoxy) is 2. The average Bonchev–Trinajstić information content (AvgIpc) is 2.69. The first-order chi connectivity index (χ1) is 12.6. The molecular formula is C19H22ClN3O3. The number of amides is 2. The summed E-state index contributed by atoms with van der Waals surface area (Å²) in [5, 5.41) is 3.32. The van der Waals surface area contributed by atoms with Gasteiger partial charge in [-0.1, -0.05) is 29.8 Å². The van der Waals surface area contributed by atoms with Crippen molar-refractivity contribution in [3.05, 3.63) is 47.5 Å². The third kappa shape index (κ3) is 3.96. The number of hydrogen-bond donors (Lipinski definition) is 1. The van der Waals surface area contributed by atoms with E-state index in [1.54, 1.807) is 17.0 Å². The molecule has 1 saturated heterocycles. The number of halogens is 1. The van der Waals surface area contributed by atoms with Crippen molar-refractivity contribution in [1.29, 1.82) is 0 Å². The van der Waals surface area contributed by atoms with Crippen LogP contribution in [0.4, 0.5) is 16.2 Å². The quantitative estimate of drug-likeness (QED) is 0.885. The molecule has 0 bridgehead atoms. The Morgan fingerprint density at radius 3 is 2.27 bits per heavy atom. The zero-order chi connectivity index (χ0) is 18.5. The molecule has 0 spiro atoms. The standard InChI is InChI=1S/C19H22ClN3O3/c1-25-17-13-16(18(26-2)12-15(17)20)21-19(24)23-10-8-22(9-11-23)14-6-4-3-5-7-14/h3-7,12-13H,8-11H2,1-2H3,(H,21,24). The molecular weight excluding hydrogens is 354 g/mol. The maximum Gasteiger partial charge on any atom is 0.322 e. The van der Waals surface area contributed by atoms with Crippen LogP contribution >= 0.6 is 11.6 Å². The average molecular weight is 376 g/mol. The van der Waals surface area contributed by atoms with E-state index < -0.39 is 0 Å². The van der Waals surface area contributed by atoms with Gasteiger partial charge in [0.1, 0.15) is 11.5 Å². The number of benzene rings is 2. The Kier molecular flexibility index (Phi) is 5.73. The van der Waals surface area contributed by atoms with E-state index in [4.69, 9.17) is 21.1 Å². The molecule has 3 rings (SSSR count). The van der Waals surface area contributed by atoms with Crippen molar-refractivity contribution in [2.24, 2.45) is 0 Å². The van der Waals surface area contributed by atoms with E-state index in [-0.39, 0.29) is 6.03 Å². The van der Waals surface area contributed by atoms with Crippen LogP contribution in [0.25, 0.3) is 0 Å². The Labute approximate surface area is 158 Å². The highest BCUT2D eigenvalue weighted by Crippen LogP contribution is 2.36. The lowest BCUT2D eigenvalue weighted by molar-refractivity contribution is 0.208. The van der Waals surface area contributed by atoms with Gasteiger partial charge < -0.3 is 24.6 Å². The second-order valence-electron chi connectivity index (χ2n) is 5.93. The third-order valence-corrected chi connectivity index (χ3v) is 4.70. The minimum absolute atomic E-state index is 0.166. The Balaban J connectivity index is 1.64. The number of para-hydroxylation sites is 1. The summed E-state index contributed by atoms with van der Waals surface area (Å²) in [5.74, 6) is 0.976. The molecule has 0 atom stereocenters. The molecule has 2 amide bonds. The summed E-state index contributed by atoms with van der Waals surface area (Å²) in [6, 6.07) is 13.3. The van der Waals surface area contributed by atoms with Crippen LogP contribution in [0, 0.1) is 0 Å². The zero-order valence-electron chi connectivity index (χ0n) is 14.9. The molecule has 1 N–H and O–H groups in total. The minimum atomic E-state index is -0.166. The van der Waals surface area contributed by atoms with E-state index in [2.05, 4.69) is 22.3 Å². The van der Waals surface area contributed by atoms with Crippen LogP contribution in [0.3, 0.4) is 0 Å². The van der Waals surface area contributed by atoms with Gasteiger partial charge in [-0.15, -0.1) is 0 Å². The molecule has 6 nitrogen and oxygen atoms in total. The number of nitrogens with one attached hydrogen (secondary N) is 1. The third-order valence-electron chi connectivity index (χ3n) is 4.40. The van der Waals surface area contributed by atoms with Gasteiger partial charge in [0.05, 0.1) is 24.9 Å². The fourth-order valence-electron chi connectivity index (χ4n) is 2.96. The molecule has 0 unspecified atom stereocenters. The second-order valence-corrected chi connectivity index (χ2v) is 6.33. The van der Waals surface area contributed by atoms with Gasteiger partial charge in [-0.05, 0) is 12.1 Å². The zero-order valence-corrected chi connectivity index (χ0v) is 15.6. The van der Waals surface area contributed by atoms with Crippen LogP contribution in [0.1, 0.15) is 0 Å². The second kappa shape index (κ2) is 8.19. The number of carbonyl (C=O) groups excluding carboxylic acids is 1. The summed E-state index contributed by atoms with van der Waals surface area (Å²) >= 11 is 6.11. The van der Waals surface area contributed by atoms with Crippen LogP contribution in [0.2, 0.25) is 5.02 Å². The number of hydrogen-bond acceptors (Lipinski definition) is 4. The van der Waals surface area contributed by atoms with Crippen LogP contribution in [0.15, 0.2) is 42.5 Å². The Morgan fingerprint density at radius 2 is 1.65 bits per heavy atom. The summed E-state index contributed by atoms with van der Waals surface area (Å²) in [7, 11) is 3.06. The van der Waals surface area contributed by atoms with Gasteiger partial charge >= 0.3 is 6.03 Å².